The van der Waals surface area contributed by atoms with Gasteiger partial charge in [0.1, 0.15) is 12.1 Å². The van der Waals surface area contributed by atoms with E-state index in [1.807, 2.05) is 24.3 Å². The molecule has 1 aromatic carbocycles. The predicted molar refractivity (Wildman–Crippen MR) is 99.8 cm³/mol. The molecule has 1 saturated carbocycles. The monoisotopic (exact) mass is 357 g/mol. The molecule has 1 N–H and O–H groups in total. The molecule has 1 aliphatic carbocycles. The van der Waals surface area contributed by atoms with Crippen LogP contribution < -0.4 is 5.32 Å². The van der Waals surface area contributed by atoms with E-state index < -0.39 is 5.54 Å². The Bertz CT molecular complexity index is 723. The van der Waals surface area contributed by atoms with Gasteiger partial charge in [0, 0.05) is 12.7 Å². The van der Waals surface area contributed by atoms with Gasteiger partial charge in [-0.3, -0.25) is 14.5 Å². The molecular weight excluding hydrogens is 330 g/mol. The summed E-state index contributed by atoms with van der Waals surface area (Å²) >= 11 is 0. The second kappa shape index (κ2) is 7.09. The second-order valence-corrected chi connectivity index (χ2v) is 7.62. The molecule has 6 heteroatoms. The lowest BCUT2D eigenvalue weighted by molar-refractivity contribution is -0.136. The quantitative estimate of drug-likeness (QED) is 0.840. The van der Waals surface area contributed by atoms with Crippen molar-refractivity contribution in [3.63, 3.8) is 0 Å². The van der Waals surface area contributed by atoms with E-state index in [1.54, 1.807) is 11.9 Å². The van der Waals surface area contributed by atoms with Crippen molar-refractivity contribution in [1.29, 1.82) is 0 Å². The summed E-state index contributed by atoms with van der Waals surface area (Å²) in [5.74, 6) is -0.309. The SMILES string of the molecule is CC(C)c1ccccc1NC(=O)CN1C(=O)N(C)C2(CCCCC2)C1=O. The zero-order chi connectivity index (χ0) is 18.9. The first kappa shape index (κ1) is 18.4. The first-order chi connectivity index (χ1) is 12.4. The molecule has 2 aliphatic rings. The number of urea groups is 1. The third-order valence-electron chi connectivity index (χ3n) is 5.64. The molecule has 0 bridgehead atoms. The summed E-state index contributed by atoms with van der Waals surface area (Å²) < 4.78 is 0. The molecule has 0 aromatic heterocycles. The first-order valence-corrected chi connectivity index (χ1v) is 9.35. The normalized spacial score (nSPS) is 19.5. The lowest BCUT2D eigenvalue weighted by atomic mass is 9.81. The number of anilines is 1. The van der Waals surface area contributed by atoms with Crippen molar-refractivity contribution in [2.45, 2.75) is 57.4 Å². The van der Waals surface area contributed by atoms with Gasteiger partial charge in [-0.25, -0.2) is 4.79 Å². The van der Waals surface area contributed by atoms with Gasteiger partial charge in [0.05, 0.1) is 0 Å². The van der Waals surface area contributed by atoms with Gasteiger partial charge in [0.25, 0.3) is 5.91 Å². The number of nitrogens with zero attached hydrogens (tertiary/aromatic N) is 2. The third-order valence-corrected chi connectivity index (χ3v) is 5.64. The van der Waals surface area contributed by atoms with Crippen molar-refractivity contribution >= 4 is 23.5 Å². The molecule has 3 rings (SSSR count). The highest BCUT2D eigenvalue weighted by Crippen LogP contribution is 2.39. The third kappa shape index (κ3) is 3.08. The molecule has 140 valence electrons. The summed E-state index contributed by atoms with van der Waals surface area (Å²) in [5.41, 5.74) is 1.01. The molecular formula is C20H27N3O3. The predicted octanol–water partition coefficient (Wildman–Crippen LogP) is 3.35. The molecule has 1 heterocycles. The minimum Gasteiger partial charge on any atom is -0.324 e. The van der Waals surface area contributed by atoms with Crippen molar-refractivity contribution in [2.24, 2.45) is 0 Å². The van der Waals surface area contributed by atoms with Crippen molar-refractivity contribution in [3.8, 4) is 0 Å². The molecule has 1 spiro atoms. The molecule has 1 aliphatic heterocycles. The molecule has 0 radical (unpaired) electrons. The minimum absolute atomic E-state index is 0.225. The highest BCUT2D eigenvalue weighted by atomic mass is 16.2. The van der Waals surface area contributed by atoms with Crippen LogP contribution in [0.3, 0.4) is 0 Å². The van der Waals surface area contributed by atoms with E-state index in [0.717, 1.165) is 35.4 Å². The highest BCUT2D eigenvalue weighted by Gasteiger charge is 2.55. The Morgan fingerprint density at radius 3 is 2.46 bits per heavy atom. The topological polar surface area (TPSA) is 69.7 Å². The molecule has 4 amide bonds. The van der Waals surface area contributed by atoms with Crippen LogP contribution in [0.1, 0.15) is 57.4 Å². The van der Waals surface area contributed by atoms with Crippen LogP contribution in [0, 0.1) is 0 Å². The lowest BCUT2D eigenvalue weighted by Gasteiger charge is -2.35. The number of hydrogen-bond donors (Lipinski definition) is 1. The smallest absolute Gasteiger partial charge is 0.324 e. The van der Waals surface area contributed by atoms with Crippen LogP contribution >= 0.6 is 0 Å². The number of para-hydroxylation sites is 1. The number of likely N-dealkylation sites (N-methyl/N-ethyl adjacent to an activating group) is 1. The van der Waals surface area contributed by atoms with Crippen molar-refractivity contribution in [2.75, 3.05) is 18.9 Å². The largest absolute Gasteiger partial charge is 0.327 e. The average molecular weight is 357 g/mol. The Labute approximate surface area is 154 Å². The maximum atomic E-state index is 12.9. The van der Waals surface area contributed by atoms with E-state index in [-0.39, 0.29) is 30.3 Å². The number of carbonyl (C=O) groups excluding carboxylic acids is 3. The van der Waals surface area contributed by atoms with Gasteiger partial charge in [-0.1, -0.05) is 51.3 Å². The number of amides is 4. The summed E-state index contributed by atoms with van der Waals surface area (Å²) in [7, 11) is 1.68. The summed E-state index contributed by atoms with van der Waals surface area (Å²) in [5, 5.41) is 2.86. The number of rotatable bonds is 4. The first-order valence-electron chi connectivity index (χ1n) is 9.35. The molecule has 26 heavy (non-hydrogen) atoms. The summed E-state index contributed by atoms with van der Waals surface area (Å²) in [6, 6.07) is 7.23. The van der Waals surface area contributed by atoms with E-state index in [0.29, 0.717) is 12.8 Å². The number of benzene rings is 1. The fourth-order valence-electron chi connectivity index (χ4n) is 4.12. The number of carbonyl (C=O) groups is 3. The molecule has 1 aromatic rings. The van der Waals surface area contributed by atoms with Crippen molar-refractivity contribution in [3.05, 3.63) is 29.8 Å². The van der Waals surface area contributed by atoms with E-state index in [2.05, 4.69) is 19.2 Å². The summed E-state index contributed by atoms with van der Waals surface area (Å²) in [6.07, 6.45) is 4.32. The van der Waals surface area contributed by atoms with Gasteiger partial charge in [-0.15, -0.1) is 0 Å². The zero-order valence-electron chi connectivity index (χ0n) is 15.7. The molecule has 2 fully saturated rings. The Kier molecular flexibility index (Phi) is 5.03. The lowest BCUT2D eigenvalue weighted by Crippen LogP contribution is -2.49. The van der Waals surface area contributed by atoms with Crippen molar-refractivity contribution < 1.29 is 14.4 Å². The zero-order valence-corrected chi connectivity index (χ0v) is 15.7. The molecule has 6 nitrogen and oxygen atoms in total. The van der Waals surface area contributed by atoms with Gasteiger partial charge >= 0.3 is 6.03 Å². The number of imide groups is 1. The summed E-state index contributed by atoms with van der Waals surface area (Å²) in [6.45, 7) is 3.87. The van der Waals surface area contributed by atoms with Crippen LogP contribution in [-0.2, 0) is 9.59 Å². The maximum Gasteiger partial charge on any atom is 0.327 e. The van der Waals surface area contributed by atoms with E-state index >= 15 is 0 Å². The van der Waals surface area contributed by atoms with Crippen molar-refractivity contribution in [1.82, 2.24) is 9.80 Å². The fraction of sp³-hybridized carbons (Fsp3) is 0.550. The Morgan fingerprint density at radius 1 is 1.15 bits per heavy atom. The van der Waals surface area contributed by atoms with Gasteiger partial charge in [0.15, 0.2) is 0 Å². The van der Waals surface area contributed by atoms with Crippen LogP contribution in [-0.4, -0.2) is 46.8 Å². The average Bonchev–Trinajstić information content (AvgIpc) is 2.79. The van der Waals surface area contributed by atoms with Crippen LogP contribution in [0.25, 0.3) is 0 Å². The molecule has 0 unspecified atom stereocenters. The van der Waals surface area contributed by atoms with Gasteiger partial charge < -0.3 is 10.2 Å². The maximum absolute atomic E-state index is 12.9. The molecule has 1 saturated heterocycles. The highest BCUT2D eigenvalue weighted by molar-refractivity contribution is 6.10. The summed E-state index contributed by atoms with van der Waals surface area (Å²) in [4.78, 5) is 40.7. The van der Waals surface area contributed by atoms with E-state index in [4.69, 9.17) is 0 Å². The van der Waals surface area contributed by atoms with Crippen LogP contribution in [0.4, 0.5) is 10.5 Å². The number of nitrogens with one attached hydrogen (secondary N) is 1. The standard InChI is InChI=1S/C20H27N3O3/c1-14(2)15-9-5-6-10-16(15)21-17(24)13-23-18(25)20(22(3)19(23)26)11-7-4-8-12-20/h5-6,9-10,14H,4,7-8,11-13H2,1-3H3,(H,21,24). The Balaban J connectivity index is 1.74. The van der Waals surface area contributed by atoms with Crippen LogP contribution in [0.5, 0.6) is 0 Å². The minimum atomic E-state index is -0.745. The van der Waals surface area contributed by atoms with Crippen LogP contribution in [0.2, 0.25) is 0 Å². The van der Waals surface area contributed by atoms with E-state index in [9.17, 15) is 14.4 Å². The Morgan fingerprint density at radius 2 is 1.81 bits per heavy atom. The number of hydrogen-bond acceptors (Lipinski definition) is 3. The second-order valence-electron chi connectivity index (χ2n) is 7.62. The van der Waals surface area contributed by atoms with Crippen LogP contribution in [0.15, 0.2) is 24.3 Å². The van der Waals surface area contributed by atoms with Gasteiger partial charge in [0.2, 0.25) is 5.91 Å². The van der Waals surface area contributed by atoms with E-state index in [1.165, 1.54) is 0 Å². The fourth-order valence-corrected chi connectivity index (χ4v) is 4.12. The van der Waals surface area contributed by atoms with Gasteiger partial charge in [-0.05, 0) is 30.4 Å². The molecule has 0 atom stereocenters. The van der Waals surface area contributed by atoms with Gasteiger partial charge in [-0.2, -0.15) is 0 Å². The Hall–Kier alpha value is -2.37.